The molecule has 1 aromatic carbocycles. The van der Waals surface area contributed by atoms with E-state index in [1.165, 1.54) is 4.90 Å². The molecule has 0 atom stereocenters. The molecule has 1 aliphatic rings. The Morgan fingerprint density at radius 3 is 2.21 bits per heavy atom. The summed E-state index contributed by atoms with van der Waals surface area (Å²) in [7, 11) is 0. The first-order chi connectivity index (χ1) is 11.2. The standard InChI is InChI=1S/C17H15N3O3.ClH/c21-15(19-14-8-3-4-10-18-14)9-5-11-20-16(22)12-6-1-2-7-13(12)17(20)23;/h1-4,6-8,10H,5,9,11H2,(H,18,19,21);1H/p-1. The average Bonchev–Trinajstić information content (AvgIpc) is 2.81. The van der Waals surface area contributed by atoms with Crippen molar-refractivity contribution in [2.24, 2.45) is 0 Å². The van der Waals surface area contributed by atoms with E-state index in [1.54, 1.807) is 48.7 Å². The van der Waals surface area contributed by atoms with Crippen LogP contribution in [0.5, 0.6) is 0 Å². The maximum Gasteiger partial charge on any atom is 0.261 e. The predicted molar refractivity (Wildman–Crippen MR) is 83.9 cm³/mol. The maximum atomic E-state index is 12.2. The second kappa shape index (κ2) is 7.70. The minimum Gasteiger partial charge on any atom is -1.00 e. The monoisotopic (exact) mass is 344 g/mol. The van der Waals surface area contributed by atoms with Gasteiger partial charge in [-0.25, -0.2) is 4.98 Å². The van der Waals surface area contributed by atoms with Crippen molar-refractivity contribution in [2.75, 3.05) is 11.9 Å². The van der Waals surface area contributed by atoms with Crippen LogP contribution in [0.1, 0.15) is 33.6 Å². The van der Waals surface area contributed by atoms with Crippen LogP contribution in [0.3, 0.4) is 0 Å². The molecular weight excluding hydrogens is 330 g/mol. The third-order valence-corrected chi connectivity index (χ3v) is 3.60. The first-order valence-corrected chi connectivity index (χ1v) is 7.33. The second-order valence-corrected chi connectivity index (χ2v) is 5.17. The predicted octanol–water partition coefficient (Wildman–Crippen LogP) is -0.899. The van der Waals surface area contributed by atoms with E-state index in [9.17, 15) is 14.4 Å². The Morgan fingerprint density at radius 1 is 1.00 bits per heavy atom. The van der Waals surface area contributed by atoms with Gasteiger partial charge in [0.05, 0.1) is 11.1 Å². The third-order valence-electron chi connectivity index (χ3n) is 3.60. The lowest BCUT2D eigenvalue weighted by Gasteiger charge is -2.13. The number of rotatable bonds is 5. The number of fused-ring (bicyclic) bond motifs is 1. The molecule has 124 valence electrons. The van der Waals surface area contributed by atoms with Crippen molar-refractivity contribution in [2.45, 2.75) is 12.8 Å². The second-order valence-electron chi connectivity index (χ2n) is 5.17. The molecule has 0 fully saturated rings. The molecule has 7 heteroatoms. The van der Waals surface area contributed by atoms with Gasteiger partial charge in [0.2, 0.25) is 5.91 Å². The van der Waals surface area contributed by atoms with Crippen LogP contribution in [0, 0.1) is 0 Å². The van der Waals surface area contributed by atoms with E-state index < -0.39 is 0 Å². The first kappa shape index (κ1) is 17.6. The quantitative estimate of drug-likeness (QED) is 0.713. The molecule has 0 unspecified atom stereocenters. The number of imide groups is 1. The Kier molecular flexibility index (Phi) is 5.65. The average molecular weight is 345 g/mol. The van der Waals surface area contributed by atoms with E-state index in [0.717, 1.165) is 0 Å². The van der Waals surface area contributed by atoms with Crippen molar-refractivity contribution < 1.29 is 26.8 Å². The number of nitrogens with zero attached hydrogens (tertiary/aromatic N) is 2. The Balaban J connectivity index is 0.00000208. The molecule has 2 aromatic rings. The van der Waals surface area contributed by atoms with Gasteiger partial charge in [-0.3, -0.25) is 19.3 Å². The van der Waals surface area contributed by atoms with Gasteiger partial charge in [-0.05, 0) is 30.7 Å². The normalized spacial score (nSPS) is 12.6. The van der Waals surface area contributed by atoms with Gasteiger partial charge in [-0.15, -0.1) is 0 Å². The number of hydrogen-bond acceptors (Lipinski definition) is 4. The van der Waals surface area contributed by atoms with Gasteiger partial charge in [0.1, 0.15) is 5.82 Å². The van der Waals surface area contributed by atoms with Crippen LogP contribution in [0.15, 0.2) is 48.7 Å². The summed E-state index contributed by atoms with van der Waals surface area (Å²) in [6.45, 7) is 0.224. The van der Waals surface area contributed by atoms with Crippen molar-refractivity contribution in [3.8, 4) is 0 Å². The number of hydrogen-bond donors (Lipinski definition) is 1. The van der Waals surface area contributed by atoms with E-state index in [0.29, 0.717) is 23.4 Å². The Labute approximate surface area is 145 Å². The van der Waals surface area contributed by atoms with Crippen LogP contribution < -0.4 is 17.7 Å². The van der Waals surface area contributed by atoms with E-state index in [1.807, 2.05) is 0 Å². The van der Waals surface area contributed by atoms with Crippen molar-refractivity contribution in [1.29, 1.82) is 0 Å². The number of carbonyl (C=O) groups is 3. The van der Waals surface area contributed by atoms with Crippen molar-refractivity contribution in [3.05, 3.63) is 59.8 Å². The summed E-state index contributed by atoms with van der Waals surface area (Å²) in [4.78, 5) is 41.4. The van der Waals surface area contributed by atoms with Crippen molar-refractivity contribution in [1.82, 2.24) is 9.88 Å². The molecule has 0 aliphatic carbocycles. The highest BCUT2D eigenvalue weighted by molar-refractivity contribution is 6.21. The molecule has 0 saturated heterocycles. The van der Waals surface area contributed by atoms with Gasteiger partial charge < -0.3 is 17.7 Å². The molecule has 1 N–H and O–H groups in total. The SMILES string of the molecule is O=C(CCCN1C(=O)c2ccccc2C1=O)Nc1ccccn1.[Cl-]. The van der Waals surface area contributed by atoms with Crippen LogP contribution in [0.25, 0.3) is 0 Å². The van der Waals surface area contributed by atoms with E-state index in [4.69, 9.17) is 0 Å². The lowest BCUT2D eigenvalue weighted by molar-refractivity contribution is -0.116. The summed E-state index contributed by atoms with van der Waals surface area (Å²) in [5, 5.41) is 2.67. The topological polar surface area (TPSA) is 79.4 Å². The maximum absolute atomic E-state index is 12.2. The summed E-state index contributed by atoms with van der Waals surface area (Å²) in [5.41, 5.74) is 0.853. The van der Waals surface area contributed by atoms with Crippen LogP contribution >= 0.6 is 0 Å². The minimum absolute atomic E-state index is 0. The largest absolute Gasteiger partial charge is 1.00 e. The van der Waals surface area contributed by atoms with Gasteiger partial charge in [0.25, 0.3) is 11.8 Å². The molecule has 0 spiro atoms. The highest BCUT2D eigenvalue weighted by Gasteiger charge is 2.34. The van der Waals surface area contributed by atoms with Gasteiger partial charge in [-0.1, -0.05) is 18.2 Å². The molecule has 24 heavy (non-hydrogen) atoms. The van der Waals surface area contributed by atoms with Gasteiger partial charge >= 0.3 is 0 Å². The molecule has 1 aliphatic heterocycles. The number of nitrogens with one attached hydrogen (secondary N) is 1. The summed E-state index contributed by atoms with van der Waals surface area (Å²) in [5.74, 6) is -0.301. The fourth-order valence-electron chi connectivity index (χ4n) is 2.48. The zero-order chi connectivity index (χ0) is 16.2. The van der Waals surface area contributed by atoms with E-state index in [2.05, 4.69) is 10.3 Å². The Bertz CT molecular complexity index is 730. The highest BCUT2D eigenvalue weighted by atomic mass is 35.5. The van der Waals surface area contributed by atoms with Gasteiger partial charge in [0.15, 0.2) is 0 Å². The smallest absolute Gasteiger partial charge is 0.261 e. The number of pyridine rings is 1. The van der Waals surface area contributed by atoms with Crippen LogP contribution in [-0.2, 0) is 4.79 Å². The van der Waals surface area contributed by atoms with E-state index >= 15 is 0 Å². The summed E-state index contributed by atoms with van der Waals surface area (Å²) in [6.07, 6.45) is 2.21. The number of carbonyl (C=O) groups excluding carboxylic acids is 3. The van der Waals surface area contributed by atoms with Crippen LogP contribution in [0.4, 0.5) is 5.82 Å². The number of amides is 3. The molecule has 0 bridgehead atoms. The van der Waals surface area contributed by atoms with E-state index in [-0.39, 0.29) is 43.1 Å². The molecule has 0 saturated carbocycles. The van der Waals surface area contributed by atoms with Gasteiger partial charge in [-0.2, -0.15) is 0 Å². The molecule has 3 rings (SSSR count). The molecule has 6 nitrogen and oxygen atoms in total. The number of anilines is 1. The lowest BCUT2D eigenvalue weighted by Crippen LogP contribution is -3.00. The molecule has 1 aromatic heterocycles. The van der Waals surface area contributed by atoms with Crippen molar-refractivity contribution >= 4 is 23.5 Å². The van der Waals surface area contributed by atoms with Crippen LogP contribution in [-0.4, -0.2) is 34.2 Å². The van der Waals surface area contributed by atoms with Crippen LogP contribution in [0.2, 0.25) is 0 Å². The summed E-state index contributed by atoms with van der Waals surface area (Å²) in [6, 6.07) is 12.0. The highest BCUT2D eigenvalue weighted by Crippen LogP contribution is 2.22. The summed E-state index contributed by atoms with van der Waals surface area (Å²) >= 11 is 0. The number of halogens is 1. The third kappa shape index (κ3) is 3.60. The Morgan fingerprint density at radius 2 is 1.62 bits per heavy atom. The fraction of sp³-hybridized carbons (Fsp3) is 0.176. The molecule has 2 heterocycles. The lowest BCUT2D eigenvalue weighted by atomic mass is 10.1. The molecule has 0 radical (unpaired) electrons. The number of aromatic nitrogens is 1. The minimum atomic E-state index is -0.296. The molecular formula is C17H15ClN3O3-. The zero-order valence-electron chi connectivity index (χ0n) is 12.7. The van der Waals surface area contributed by atoms with Crippen molar-refractivity contribution in [3.63, 3.8) is 0 Å². The first-order valence-electron chi connectivity index (χ1n) is 7.33. The van der Waals surface area contributed by atoms with Gasteiger partial charge in [0, 0.05) is 19.2 Å². The zero-order valence-corrected chi connectivity index (χ0v) is 13.5. The number of benzene rings is 1. The summed E-state index contributed by atoms with van der Waals surface area (Å²) < 4.78 is 0. The fourth-order valence-corrected chi connectivity index (χ4v) is 2.48. The molecule has 3 amide bonds. The Hall–Kier alpha value is -2.73.